The fraction of sp³-hybridized carbons (Fsp3) is 0.211. The molecule has 9 heteroatoms. The number of halogens is 2. The number of aromatic nitrogens is 3. The van der Waals surface area contributed by atoms with Gasteiger partial charge in [-0.1, -0.05) is 51.4 Å². The lowest BCUT2D eigenvalue weighted by molar-refractivity contribution is -0.119. The third-order valence-electron chi connectivity index (χ3n) is 3.96. The minimum absolute atomic E-state index is 0.0837. The second-order valence-corrected chi connectivity index (χ2v) is 8.24. The molecule has 0 saturated carbocycles. The predicted molar refractivity (Wildman–Crippen MR) is 115 cm³/mol. The van der Waals surface area contributed by atoms with Crippen LogP contribution in [0, 0.1) is 0 Å². The van der Waals surface area contributed by atoms with Crippen LogP contribution < -0.4 is 10.1 Å². The number of aromatic amines is 1. The first-order valence-corrected chi connectivity index (χ1v) is 10.6. The Morgan fingerprint density at radius 1 is 1.32 bits per heavy atom. The lowest BCUT2D eigenvalue weighted by Gasteiger charge is -2.14. The van der Waals surface area contributed by atoms with Crippen molar-refractivity contribution < 1.29 is 9.53 Å². The molecule has 3 aromatic rings. The van der Waals surface area contributed by atoms with Gasteiger partial charge in [-0.05, 0) is 42.8 Å². The van der Waals surface area contributed by atoms with Gasteiger partial charge in [0.15, 0.2) is 5.82 Å². The summed E-state index contributed by atoms with van der Waals surface area (Å²) in [4.78, 5) is 16.7. The van der Waals surface area contributed by atoms with Crippen LogP contribution in [0.3, 0.4) is 0 Å². The van der Waals surface area contributed by atoms with E-state index in [0.717, 1.165) is 10.0 Å². The summed E-state index contributed by atoms with van der Waals surface area (Å²) in [7, 11) is 1.58. The number of thioether (sulfide) groups is 1. The molecule has 1 unspecified atom stereocenters. The van der Waals surface area contributed by atoms with Crippen LogP contribution in [0.4, 0.5) is 0 Å². The summed E-state index contributed by atoms with van der Waals surface area (Å²) in [6.45, 7) is 1.95. The molecule has 1 atom stereocenters. The summed E-state index contributed by atoms with van der Waals surface area (Å²) >= 11 is 10.7. The highest BCUT2D eigenvalue weighted by Gasteiger charge is 2.14. The number of H-pyrrole nitrogens is 1. The molecule has 0 bridgehead atoms. The van der Waals surface area contributed by atoms with E-state index < -0.39 is 0 Å². The molecule has 2 N–H and O–H groups in total. The van der Waals surface area contributed by atoms with E-state index in [1.54, 1.807) is 25.3 Å². The number of rotatable bonds is 7. The third-order valence-corrected chi connectivity index (χ3v) is 5.57. The van der Waals surface area contributed by atoms with Crippen molar-refractivity contribution in [3.05, 3.63) is 57.5 Å². The number of hydrogen-bond acceptors (Lipinski definition) is 5. The van der Waals surface area contributed by atoms with Crippen LogP contribution in [0.15, 0.2) is 52.1 Å². The highest BCUT2D eigenvalue weighted by Crippen LogP contribution is 2.31. The van der Waals surface area contributed by atoms with Crippen molar-refractivity contribution in [2.75, 3.05) is 12.9 Å². The smallest absolute Gasteiger partial charge is 0.230 e. The molecule has 3 rings (SSSR count). The third kappa shape index (κ3) is 5.27. The number of carbonyl (C=O) groups is 1. The fourth-order valence-corrected chi connectivity index (χ4v) is 3.59. The van der Waals surface area contributed by atoms with Crippen LogP contribution >= 0.6 is 39.3 Å². The van der Waals surface area contributed by atoms with Gasteiger partial charge in [-0.15, -0.1) is 5.10 Å². The second-order valence-electron chi connectivity index (χ2n) is 5.94. The standard InChI is InChI=1S/C19H18BrClN4O2S/c1-11(12-3-5-13(20)6-4-12)22-17(26)10-28-19-23-18(24-25-19)15-9-14(21)7-8-16(15)27-2/h3-9,11H,10H2,1-2H3,(H,22,26)(H,23,24,25). The molecular formula is C19H18BrClN4O2S. The zero-order valence-corrected chi connectivity index (χ0v) is 18.4. The molecule has 2 aromatic carbocycles. The summed E-state index contributed by atoms with van der Waals surface area (Å²) < 4.78 is 6.34. The van der Waals surface area contributed by atoms with E-state index in [-0.39, 0.29) is 17.7 Å². The van der Waals surface area contributed by atoms with E-state index in [2.05, 4.69) is 36.4 Å². The predicted octanol–water partition coefficient (Wildman–Crippen LogP) is 4.87. The Kier molecular flexibility index (Phi) is 6.98. The van der Waals surface area contributed by atoms with Gasteiger partial charge in [0.05, 0.1) is 24.5 Å². The van der Waals surface area contributed by atoms with Crippen molar-refractivity contribution in [1.82, 2.24) is 20.5 Å². The lowest BCUT2D eigenvalue weighted by Crippen LogP contribution is -2.28. The van der Waals surface area contributed by atoms with Gasteiger partial charge in [0.2, 0.25) is 11.1 Å². The molecule has 0 saturated heterocycles. The molecule has 6 nitrogen and oxygen atoms in total. The van der Waals surface area contributed by atoms with E-state index in [1.807, 2.05) is 31.2 Å². The lowest BCUT2D eigenvalue weighted by atomic mass is 10.1. The first-order chi connectivity index (χ1) is 13.5. The summed E-state index contributed by atoms with van der Waals surface area (Å²) in [5.74, 6) is 1.29. The minimum Gasteiger partial charge on any atom is -0.496 e. The molecule has 1 heterocycles. The molecular weight excluding hydrogens is 464 g/mol. The minimum atomic E-state index is -0.0906. The van der Waals surface area contributed by atoms with E-state index in [4.69, 9.17) is 16.3 Å². The average Bonchev–Trinajstić information content (AvgIpc) is 3.15. The van der Waals surface area contributed by atoms with Crippen LogP contribution in [-0.2, 0) is 4.79 Å². The molecule has 0 radical (unpaired) electrons. The van der Waals surface area contributed by atoms with Gasteiger partial charge >= 0.3 is 0 Å². The van der Waals surface area contributed by atoms with Gasteiger partial charge in [0, 0.05) is 9.50 Å². The highest BCUT2D eigenvalue weighted by atomic mass is 79.9. The van der Waals surface area contributed by atoms with E-state index in [9.17, 15) is 4.79 Å². The summed E-state index contributed by atoms with van der Waals surface area (Å²) in [5, 5.41) is 11.0. The summed E-state index contributed by atoms with van der Waals surface area (Å²) in [5.41, 5.74) is 1.75. The molecule has 0 aliphatic heterocycles. The van der Waals surface area contributed by atoms with Crippen LogP contribution in [0.25, 0.3) is 11.4 Å². The number of nitrogens with zero attached hydrogens (tertiary/aromatic N) is 2. The van der Waals surface area contributed by atoms with E-state index >= 15 is 0 Å². The van der Waals surface area contributed by atoms with E-state index in [1.165, 1.54) is 11.8 Å². The van der Waals surface area contributed by atoms with E-state index in [0.29, 0.717) is 27.3 Å². The van der Waals surface area contributed by atoms with Crippen molar-refractivity contribution in [2.45, 2.75) is 18.1 Å². The molecule has 146 valence electrons. The number of carbonyl (C=O) groups excluding carboxylic acids is 1. The second kappa shape index (κ2) is 9.45. The Bertz CT molecular complexity index is 965. The Labute approximate surface area is 180 Å². The van der Waals surface area contributed by atoms with Crippen LogP contribution in [0.2, 0.25) is 5.02 Å². The van der Waals surface area contributed by atoms with Crippen molar-refractivity contribution in [1.29, 1.82) is 0 Å². The Morgan fingerprint density at radius 3 is 2.79 bits per heavy atom. The van der Waals surface area contributed by atoms with Gasteiger partial charge in [0.25, 0.3) is 0 Å². The largest absolute Gasteiger partial charge is 0.496 e. The number of ether oxygens (including phenoxy) is 1. The van der Waals surface area contributed by atoms with Crippen LogP contribution in [-0.4, -0.2) is 34.0 Å². The number of methoxy groups -OCH3 is 1. The number of hydrogen-bond donors (Lipinski definition) is 2. The van der Waals surface area contributed by atoms with Gasteiger partial charge in [-0.2, -0.15) is 0 Å². The van der Waals surface area contributed by atoms with Crippen LogP contribution in [0.5, 0.6) is 5.75 Å². The van der Waals surface area contributed by atoms with Crippen molar-refractivity contribution in [3.8, 4) is 17.1 Å². The van der Waals surface area contributed by atoms with Gasteiger partial charge in [0.1, 0.15) is 5.75 Å². The van der Waals surface area contributed by atoms with Gasteiger partial charge in [-0.25, -0.2) is 4.98 Å². The fourth-order valence-electron chi connectivity index (χ4n) is 2.54. The topological polar surface area (TPSA) is 79.9 Å². The summed E-state index contributed by atoms with van der Waals surface area (Å²) in [6.07, 6.45) is 0. The average molecular weight is 482 g/mol. The Balaban J connectivity index is 1.59. The molecule has 28 heavy (non-hydrogen) atoms. The van der Waals surface area contributed by atoms with Crippen molar-refractivity contribution >= 4 is 45.2 Å². The zero-order chi connectivity index (χ0) is 20.1. The number of benzene rings is 2. The van der Waals surface area contributed by atoms with Crippen LogP contribution in [0.1, 0.15) is 18.5 Å². The maximum Gasteiger partial charge on any atom is 0.230 e. The zero-order valence-electron chi connectivity index (χ0n) is 15.2. The SMILES string of the molecule is COc1ccc(Cl)cc1-c1nc(SCC(=O)NC(C)c2ccc(Br)cc2)n[nH]1. The molecule has 0 aliphatic carbocycles. The highest BCUT2D eigenvalue weighted by molar-refractivity contribution is 9.10. The maximum atomic E-state index is 12.2. The van der Waals surface area contributed by atoms with Gasteiger partial charge in [-0.3, -0.25) is 9.89 Å². The Morgan fingerprint density at radius 2 is 2.07 bits per heavy atom. The maximum absolute atomic E-state index is 12.2. The number of amides is 1. The first kappa shape index (κ1) is 20.7. The molecule has 1 amide bonds. The van der Waals surface area contributed by atoms with Gasteiger partial charge < -0.3 is 10.1 Å². The van der Waals surface area contributed by atoms with Crippen molar-refractivity contribution in [2.24, 2.45) is 0 Å². The monoisotopic (exact) mass is 480 g/mol. The Hall–Kier alpha value is -2.03. The quantitative estimate of drug-likeness (QED) is 0.471. The molecule has 1 aromatic heterocycles. The first-order valence-electron chi connectivity index (χ1n) is 8.40. The summed E-state index contributed by atoms with van der Waals surface area (Å²) in [6, 6.07) is 13.0. The normalized spacial score (nSPS) is 11.9. The molecule has 0 fully saturated rings. The van der Waals surface area contributed by atoms with Crippen molar-refractivity contribution in [3.63, 3.8) is 0 Å². The molecule has 0 aliphatic rings. The number of nitrogens with one attached hydrogen (secondary N) is 2. The molecule has 0 spiro atoms.